The van der Waals surface area contributed by atoms with E-state index >= 15 is 0 Å². The number of nitrogens with zero attached hydrogens (tertiary/aromatic N) is 3. The minimum atomic E-state index is -1.10. The van der Waals surface area contributed by atoms with Crippen molar-refractivity contribution in [2.75, 3.05) is 11.5 Å². The van der Waals surface area contributed by atoms with Crippen molar-refractivity contribution in [2.24, 2.45) is 0 Å². The zero-order chi connectivity index (χ0) is 34.7. The van der Waals surface area contributed by atoms with Crippen LogP contribution in [0.3, 0.4) is 0 Å². The number of aromatic nitrogens is 2. The summed E-state index contributed by atoms with van der Waals surface area (Å²) >= 11 is 14.8. The molecular weight excluding hydrogens is 705 g/mol. The summed E-state index contributed by atoms with van der Waals surface area (Å²) in [5.41, 5.74) is 3.55. The molecule has 1 saturated heterocycles. The fourth-order valence-electron chi connectivity index (χ4n) is 5.29. The van der Waals surface area contributed by atoms with E-state index in [1.807, 2.05) is 37.3 Å². The average molecular weight is 735 g/mol. The van der Waals surface area contributed by atoms with Crippen molar-refractivity contribution >= 4 is 68.9 Å². The molecule has 1 aromatic heterocycles. The second-order valence-corrected chi connectivity index (χ2v) is 14.0. The van der Waals surface area contributed by atoms with Gasteiger partial charge in [-0.05, 0) is 79.1 Å². The van der Waals surface area contributed by atoms with Crippen LogP contribution < -0.4 is 14.4 Å². The van der Waals surface area contributed by atoms with E-state index in [-0.39, 0.29) is 34.6 Å². The molecule has 1 amide bonds. The molecule has 1 fully saturated rings. The number of hydrogen-bond acceptors (Lipinski definition) is 10. The minimum absolute atomic E-state index is 0.112. The molecule has 0 saturated carbocycles. The lowest BCUT2D eigenvalue weighted by atomic mass is 9.95. The Morgan fingerprint density at radius 1 is 0.980 bits per heavy atom. The smallest absolute Gasteiger partial charge is 0.301 e. The molecule has 0 spiro atoms. The number of aromatic hydroxyl groups is 1. The van der Waals surface area contributed by atoms with Crippen LogP contribution >= 0.6 is 46.3 Å². The molecule has 1 aliphatic rings. The van der Waals surface area contributed by atoms with Crippen LogP contribution in [0, 0.1) is 6.92 Å². The van der Waals surface area contributed by atoms with Gasteiger partial charge in [0, 0.05) is 21.4 Å². The van der Waals surface area contributed by atoms with Crippen molar-refractivity contribution < 1.29 is 29.3 Å². The van der Waals surface area contributed by atoms with Crippen molar-refractivity contribution in [3.63, 3.8) is 0 Å². The Morgan fingerprint density at radius 2 is 1.78 bits per heavy atom. The molecule has 2 heterocycles. The van der Waals surface area contributed by atoms with Crippen molar-refractivity contribution in [1.29, 1.82) is 0 Å². The van der Waals surface area contributed by atoms with Crippen LogP contribution in [-0.2, 0) is 21.9 Å². The Hall–Kier alpha value is -4.55. The van der Waals surface area contributed by atoms with E-state index in [1.165, 1.54) is 28.8 Å². The number of amides is 1. The van der Waals surface area contributed by atoms with Crippen molar-refractivity contribution in [3.05, 3.63) is 128 Å². The Morgan fingerprint density at radius 3 is 2.51 bits per heavy atom. The number of phenolic OH excluding ortho intramolecular Hbond substituents is 1. The van der Waals surface area contributed by atoms with Crippen molar-refractivity contribution in [1.82, 2.24) is 10.2 Å². The van der Waals surface area contributed by atoms with Crippen LogP contribution in [0.4, 0.5) is 5.13 Å². The largest absolute Gasteiger partial charge is 0.507 e. The van der Waals surface area contributed by atoms with Crippen LogP contribution in [0.15, 0.2) is 94.8 Å². The highest BCUT2D eigenvalue weighted by Gasteiger charge is 2.48. The molecule has 2 N–H and O–H groups in total. The number of Topliss-reactive ketones (excluding diaryl/α,β-unsaturated/α-hetero) is 1. The lowest BCUT2D eigenvalue weighted by Crippen LogP contribution is -2.29. The van der Waals surface area contributed by atoms with E-state index in [4.69, 9.17) is 32.7 Å². The van der Waals surface area contributed by atoms with E-state index in [0.29, 0.717) is 43.6 Å². The van der Waals surface area contributed by atoms with Crippen LogP contribution in [0.2, 0.25) is 10.0 Å². The molecule has 5 aromatic rings. The number of carbonyl (C=O) groups is 2. The fraction of sp³-hybridized carbons (Fsp3) is 0.167. The highest BCUT2D eigenvalue weighted by atomic mass is 35.5. The summed E-state index contributed by atoms with van der Waals surface area (Å²) in [5, 5.41) is 31.7. The van der Waals surface area contributed by atoms with Gasteiger partial charge in [-0.3, -0.25) is 14.5 Å². The number of thioether (sulfide) groups is 1. The lowest BCUT2D eigenvalue weighted by molar-refractivity contribution is -0.132. The fourth-order valence-corrected chi connectivity index (χ4v) is 7.71. The van der Waals surface area contributed by atoms with Crippen LogP contribution in [0.25, 0.3) is 5.76 Å². The molecule has 49 heavy (non-hydrogen) atoms. The number of halogens is 2. The number of carbonyl (C=O) groups excluding carboxylic acids is 2. The molecule has 9 nitrogen and oxygen atoms in total. The van der Waals surface area contributed by atoms with Gasteiger partial charge in [0.15, 0.2) is 15.8 Å². The third kappa shape index (κ3) is 7.55. The van der Waals surface area contributed by atoms with Crippen LogP contribution in [-0.4, -0.2) is 38.7 Å². The van der Waals surface area contributed by atoms with Crippen molar-refractivity contribution in [2.45, 2.75) is 36.6 Å². The third-order valence-electron chi connectivity index (χ3n) is 7.63. The number of anilines is 1. The zero-order valence-electron chi connectivity index (χ0n) is 26.2. The Labute approximate surface area is 300 Å². The van der Waals surface area contributed by atoms with Gasteiger partial charge in [0.1, 0.15) is 18.1 Å². The second kappa shape index (κ2) is 14.9. The number of rotatable bonds is 11. The van der Waals surface area contributed by atoms with E-state index in [9.17, 15) is 19.8 Å². The average Bonchev–Trinajstić information content (AvgIpc) is 3.66. The van der Waals surface area contributed by atoms with E-state index < -0.39 is 17.7 Å². The first kappa shape index (κ1) is 34.3. The third-order valence-corrected chi connectivity index (χ3v) is 10.3. The van der Waals surface area contributed by atoms with E-state index in [1.54, 1.807) is 49.4 Å². The molecule has 0 aliphatic carbocycles. The number of aliphatic hydroxyl groups is 1. The number of ketones is 1. The summed E-state index contributed by atoms with van der Waals surface area (Å²) in [5.74, 6) is -1.08. The first-order chi connectivity index (χ1) is 23.6. The Kier molecular flexibility index (Phi) is 10.4. The second-order valence-electron chi connectivity index (χ2n) is 11.0. The molecule has 0 radical (unpaired) electrons. The summed E-state index contributed by atoms with van der Waals surface area (Å²) in [6, 6.07) is 23.2. The highest BCUT2D eigenvalue weighted by Crippen LogP contribution is 2.46. The van der Waals surface area contributed by atoms with Gasteiger partial charge in [0.05, 0.1) is 18.2 Å². The number of aryl methyl sites for hydroxylation is 1. The summed E-state index contributed by atoms with van der Waals surface area (Å²) in [4.78, 5) is 28.6. The van der Waals surface area contributed by atoms with Gasteiger partial charge in [-0.2, -0.15) is 0 Å². The quantitative estimate of drug-likeness (QED) is 0.0451. The van der Waals surface area contributed by atoms with Crippen molar-refractivity contribution in [3.8, 4) is 17.2 Å². The maximum absolute atomic E-state index is 13.7. The Bertz CT molecular complexity index is 2070. The summed E-state index contributed by atoms with van der Waals surface area (Å²) in [6.07, 6.45) is 0. The summed E-state index contributed by atoms with van der Waals surface area (Å²) in [6.45, 7) is 4.40. The van der Waals surface area contributed by atoms with Gasteiger partial charge in [-0.15, -0.1) is 10.2 Å². The zero-order valence-corrected chi connectivity index (χ0v) is 29.4. The van der Waals surface area contributed by atoms with E-state index in [0.717, 1.165) is 28.0 Å². The van der Waals surface area contributed by atoms with Gasteiger partial charge in [0.2, 0.25) is 5.13 Å². The molecule has 1 atom stereocenters. The molecule has 1 unspecified atom stereocenters. The molecule has 13 heteroatoms. The Balaban J connectivity index is 1.33. The monoisotopic (exact) mass is 733 g/mol. The number of aliphatic hydroxyl groups excluding tert-OH is 1. The first-order valence-electron chi connectivity index (χ1n) is 15.1. The normalized spacial score (nSPS) is 15.5. The molecule has 6 rings (SSSR count). The predicted octanol–water partition coefficient (Wildman–Crippen LogP) is 8.76. The van der Waals surface area contributed by atoms with E-state index in [2.05, 4.69) is 10.2 Å². The van der Waals surface area contributed by atoms with Gasteiger partial charge in [-0.25, -0.2) is 0 Å². The topological polar surface area (TPSA) is 122 Å². The standard InChI is InChI=1S/C36H29Cl2N3O6S2/c1-3-46-29-16-23(10-14-28(29)42)31-30(32(43)22-8-12-26(13-9-22)47-18-21-6-4-5-20(2)15-21)33(44)34(45)41(31)35-39-40-36(49-35)48-19-24-7-11-25(37)17-27(24)38/h4-17,31,42-43H,3,18-19H2,1-2H3. The maximum atomic E-state index is 13.7. The lowest BCUT2D eigenvalue weighted by Gasteiger charge is -2.23. The van der Waals surface area contributed by atoms with Gasteiger partial charge >= 0.3 is 5.91 Å². The number of phenols is 1. The SMILES string of the molecule is CCOc1cc(C2C(=C(O)c3ccc(OCc4cccc(C)c4)cc3)C(=O)C(=O)N2c2nnc(SCc3ccc(Cl)cc3Cl)s2)ccc1O. The number of hydrogen-bond donors (Lipinski definition) is 2. The highest BCUT2D eigenvalue weighted by molar-refractivity contribution is 8.00. The van der Waals surface area contributed by atoms with Gasteiger partial charge < -0.3 is 19.7 Å². The molecule has 4 aromatic carbocycles. The molecule has 1 aliphatic heterocycles. The minimum Gasteiger partial charge on any atom is -0.507 e. The maximum Gasteiger partial charge on any atom is 0.301 e. The number of benzene rings is 4. The molecular formula is C36H29Cl2N3O6S2. The first-order valence-corrected chi connectivity index (χ1v) is 17.6. The van der Waals surface area contributed by atoms with Crippen LogP contribution in [0.5, 0.6) is 17.2 Å². The summed E-state index contributed by atoms with van der Waals surface area (Å²) in [7, 11) is 0. The number of ether oxygens (including phenoxy) is 2. The predicted molar refractivity (Wildman–Crippen MR) is 192 cm³/mol. The van der Waals surface area contributed by atoms with Gasteiger partial charge in [0.25, 0.3) is 5.78 Å². The molecule has 250 valence electrons. The summed E-state index contributed by atoms with van der Waals surface area (Å²) < 4.78 is 12.1. The van der Waals surface area contributed by atoms with Crippen LogP contribution in [0.1, 0.15) is 40.8 Å². The molecule has 0 bridgehead atoms. The van der Waals surface area contributed by atoms with Gasteiger partial charge in [-0.1, -0.05) is 88.3 Å².